The lowest BCUT2D eigenvalue weighted by atomic mass is 10.0. The number of hydrogen-bond acceptors (Lipinski definition) is 3. The smallest absolute Gasteiger partial charge is 0.116 e. The van der Waals surface area contributed by atoms with Gasteiger partial charge in [0.1, 0.15) is 5.54 Å². The molecule has 0 aromatic rings. The van der Waals surface area contributed by atoms with Gasteiger partial charge in [0.25, 0.3) is 0 Å². The van der Waals surface area contributed by atoms with Crippen molar-refractivity contribution in [2.45, 2.75) is 58.5 Å². The summed E-state index contributed by atoms with van der Waals surface area (Å²) in [6.07, 6.45) is 3.44. The fraction of sp³-hybridized carbons (Fsp3) is 0.923. The lowest BCUT2D eigenvalue weighted by Crippen LogP contribution is -2.51. The summed E-state index contributed by atoms with van der Waals surface area (Å²) < 4.78 is 0. The van der Waals surface area contributed by atoms with Crippen molar-refractivity contribution >= 4 is 0 Å². The van der Waals surface area contributed by atoms with Crippen molar-refractivity contribution in [3.05, 3.63) is 0 Å². The monoisotopic (exact) mass is 225 g/mol. The van der Waals surface area contributed by atoms with Crippen LogP contribution in [0.15, 0.2) is 0 Å². The molecule has 0 radical (unpaired) electrons. The number of nitrogens with one attached hydrogen (secondary N) is 1. The number of rotatable bonds is 8. The maximum Gasteiger partial charge on any atom is 0.116 e. The zero-order valence-corrected chi connectivity index (χ0v) is 11.5. The molecule has 2 unspecified atom stereocenters. The molecule has 0 aliphatic heterocycles. The van der Waals surface area contributed by atoms with Crippen LogP contribution < -0.4 is 5.32 Å². The van der Waals surface area contributed by atoms with Crippen molar-refractivity contribution in [3.8, 4) is 6.07 Å². The molecule has 94 valence electrons. The summed E-state index contributed by atoms with van der Waals surface area (Å²) in [5.41, 5.74) is -0.424. The first-order valence-corrected chi connectivity index (χ1v) is 6.35. The highest BCUT2D eigenvalue weighted by Gasteiger charge is 2.26. The molecule has 0 spiro atoms. The van der Waals surface area contributed by atoms with Crippen LogP contribution in [0, 0.1) is 11.3 Å². The van der Waals surface area contributed by atoms with Gasteiger partial charge in [-0.3, -0.25) is 5.32 Å². The van der Waals surface area contributed by atoms with Gasteiger partial charge in [-0.1, -0.05) is 20.3 Å². The molecule has 3 heteroatoms. The summed E-state index contributed by atoms with van der Waals surface area (Å²) in [4.78, 5) is 2.27. The van der Waals surface area contributed by atoms with Gasteiger partial charge in [0.05, 0.1) is 6.07 Å². The Labute approximate surface area is 101 Å². The van der Waals surface area contributed by atoms with Gasteiger partial charge >= 0.3 is 0 Å². The normalized spacial score (nSPS) is 16.8. The van der Waals surface area contributed by atoms with Crippen LogP contribution in [-0.4, -0.2) is 36.6 Å². The van der Waals surface area contributed by atoms with E-state index >= 15 is 0 Å². The topological polar surface area (TPSA) is 39.1 Å². The van der Waals surface area contributed by atoms with Gasteiger partial charge < -0.3 is 4.90 Å². The summed E-state index contributed by atoms with van der Waals surface area (Å²) >= 11 is 0. The molecule has 0 fully saturated rings. The standard InChI is InChI=1S/C13H27N3/c1-6-8-12(3)16(5)11-13(4,10-14)15-9-7-2/h12,15H,6-9,11H2,1-5H3. The zero-order valence-electron chi connectivity index (χ0n) is 11.5. The first kappa shape index (κ1) is 15.4. The van der Waals surface area contributed by atoms with Crippen molar-refractivity contribution in [3.63, 3.8) is 0 Å². The number of nitrogens with zero attached hydrogens (tertiary/aromatic N) is 2. The maximum absolute atomic E-state index is 9.23. The fourth-order valence-corrected chi connectivity index (χ4v) is 1.82. The first-order chi connectivity index (χ1) is 7.49. The van der Waals surface area contributed by atoms with Crippen molar-refractivity contribution in [1.29, 1.82) is 5.26 Å². The molecule has 0 bridgehead atoms. The largest absolute Gasteiger partial charge is 0.301 e. The SMILES string of the molecule is CCCNC(C)(C#N)CN(C)C(C)CCC. The third-order valence-electron chi connectivity index (χ3n) is 3.04. The molecule has 0 aliphatic carbocycles. The second-order valence-electron chi connectivity index (χ2n) is 4.92. The minimum absolute atomic E-state index is 0.424. The third kappa shape index (κ3) is 5.48. The summed E-state index contributed by atoms with van der Waals surface area (Å²) in [5.74, 6) is 0. The second-order valence-corrected chi connectivity index (χ2v) is 4.92. The van der Waals surface area contributed by atoms with E-state index in [1.807, 2.05) is 6.92 Å². The Morgan fingerprint density at radius 3 is 2.44 bits per heavy atom. The van der Waals surface area contributed by atoms with Gasteiger partial charge in [0, 0.05) is 12.6 Å². The summed E-state index contributed by atoms with van der Waals surface area (Å²) in [7, 11) is 2.10. The summed E-state index contributed by atoms with van der Waals surface area (Å²) in [5, 5.41) is 12.6. The number of likely N-dealkylation sites (N-methyl/N-ethyl adjacent to an activating group) is 1. The molecule has 0 saturated heterocycles. The Morgan fingerprint density at radius 2 is 2.00 bits per heavy atom. The van der Waals surface area contributed by atoms with Crippen LogP contribution >= 0.6 is 0 Å². The quantitative estimate of drug-likeness (QED) is 0.689. The van der Waals surface area contributed by atoms with Crippen LogP contribution in [0.5, 0.6) is 0 Å². The highest BCUT2D eigenvalue weighted by Crippen LogP contribution is 2.10. The Balaban J connectivity index is 4.25. The third-order valence-corrected chi connectivity index (χ3v) is 3.04. The first-order valence-electron chi connectivity index (χ1n) is 6.35. The molecule has 0 saturated carbocycles. The minimum atomic E-state index is -0.424. The van der Waals surface area contributed by atoms with Crippen LogP contribution in [0.3, 0.4) is 0 Å². The Morgan fingerprint density at radius 1 is 1.38 bits per heavy atom. The number of hydrogen-bond donors (Lipinski definition) is 1. The lowest BCUT2D eigenvalue weighted by Gasteiger charge is -2.32. The van der Waals surface area contributed by atoms with Crippen molar-refractivity contribution < 1.29 is 0 Å². The fourth-order valence-electron chi connectivity index (χ4n) is 1.82. The summed E-state index contributed by atoms with van der Waals surface area (Å²) in [6, 6.07) is 2.93. The van der Waals surface area contributed by atoms with E-state index in [0.717, 1.165) is 19.5 Å². The van der Waals surface area contributed by atoms with E-state index < -0.39 is 5.54 Å². The van der Waals surface area contributed by atoms with Gasteiger partial charge in [-0.25, -0.2) is 0 Å². The lowest BCUT2D eigenvalue weighted by molar-refractivity contribution is 0.199. The molecule has 1 N–H and O–H groups in total. The van der Waals surface area contributed by atoms with Crippen LogP contribution in [0.25, 0.3) is 0 Å². The van der Waals surface area contributed by atoms with Crippen LogP contribution in [0.1, 0.15) is 47.0 Å². The second kappa shape index (κ2) is 7.65. The van der Waals surface area contributed by atoms with E-state index in [2.05, 4.69) is 44.1 Å². The van der Waals surface area contributed by atoms with E-state index in [1.54, 1.807) is 0 Å². The van der Waals surface area contributed by atoms with E-state index in [-0.39, 0.29) is 0 Å². The molecule has 0 aliphatic rings. The van der Waals surface area contributed by atoms with E-state index in [1.165, 1.54) is 12.8 Å². The molecule has 2 atom stereocenters. The molecule has 0 aromatic heterocycles. The molecule has 0 heterocycles. The van der Waals surface area contributed by atoms with Gasteiger partial charge in [-0.2, -0.15) is 5.26 Å². The van der Waals surface area contributed by atoms with Crippen LogP contribution in [0.2, 0.25) is 0 Å². The van der Waals surface area contributed by atoms with Crippen molar-refractivity contribution in [1.82, 2.24) is 10.2 Å². The Kier molecular flexibility index (Phi) is 7.36. The van der Waals surface area contributed by atoms with Gasteiger partial charge in [-0.05, 0) is 40.3 Å². The average molecular weight is 225 g/mol. The maximum atomic E-state index is 9.23. The Bertz CT molecular complexity index is 222. The molecule has 0 amide bonds. The molecule has 0 aromatic carbocycles. The molecule has 16 heavy (non-hydrogen) atoms. The van der Waals surface area contributed by atoms with Crippen LogP contribution in [-0.2, 0) is 0 Å². The molecule has 0 rings (SSSR count). The Hall–Kier alpha value is -0.590. The molecule has 3 nitrogen and oxygen atoms in total. The predicted octanol–water partition coefficient (Wildman–Crippen LogP) is 2.39. The minimum Gasteiger partial charge on any atom is -0.301 e. The van der Waals surface area contributed by atoms with E-state index in [9.17, 15) is 5.26 Å². The van der Waals surface area contributed by atoms with Crippen LogP contribution in [0.4, 0.5) is 0 Å². The summed E-state index contributed by atoms with van der Waals surface area (Å²) in [6.45, 7) is 10.2. The van der Waals surface area contributed by atoms with Crippen molar-refractivity contribution in [2.24, 2.45) is 0 Å². The predicted molar refractivity (Wildman–Crippen MR) is 69.3 cm³/mol. The molecular formula is C13H27N3. The molecular weight excluding hydrogens is 198 g/mol. The van der Waals surface area contributed by atoms with E-state index in [4.69, 9.17) is 0 Å². The van der Waals surface area contributed by atoms with Gasteiger partial charge in [0.15, 0.2) is 0 Å². The highest BCUT2D eigenvalue weighted by molar-refractivity contribution is 5.05. The highest BCUT2D eigenvalue weighted by atomic mass is 15.2. The van der Waals surface area contributed by atoms with Gasteiger partial charge in [-0.15, -0.1) is 0 Å². The van der Waals surface area contributed by atoms with E-state index in [0.29, 0.717) is 6.04 Å². The number of nitriles is 1. The van der Waals surface area contributed by atoms with Gasteiger partial charge in [0.2, 0.25) is 0 Å². The average Bonchev–Trinajstić information content (AvgIpc) is 2.26. The zero-order chi connectivity index (χ0) is 12.6. The van der Waals surface area contributed by atoms with Crippen molar-refractivity contribution in [2.75, 3.05) is 20.1 Å².